The molecule has 1 atom stereocenters. The van der Waals surface area contributed by atoms with E-state index >= 15 is 0 Å². The number of carbonyl (C=O) groups excluding carboxylic acids is 1. The van der Waals surface area contributed by atoms with Crippen LogP contribution < -0.4 is 15.0 Å². The highest BCUT2D eigenvalue weighted by atomic mass is 32.1. The highest BCUT2D eigenvalue weighted by molar-refractivity contribution is 7.16. The third-order valence-corrected chi connectivity index (χ3v) is 8.56. The molecule has 2 saturated heterocycles. The van der Waals surface area contributed by atoms with Crippen molar-refractivity contribution in [2.24, 2.45) is 5.92 Å². The van der Waals surface area contributed by atoms with Crippen molar-refractivity contribution in [3.63, 3.8) is 0 Å². The van der Waals surface area contributed by atoms with E-state index in [1.54, 1.807) is 6.92 Å². The number of anilines is 2. The second-order valence-electron chi connectivity index (χ2n) is 10.9. The molecule has 5 rings (SSSR count). The van der Waals surface area contributed by atoms with Gasteiger partial charge in [-0.25, -0.2) is 15.0 Å². The second kappa shape index (κ2) is 12.8. The fraction of sp³-hybridized carbons (Fsp3) is 0.464. The number of amides is 1. The van der Waals surface area contributed by atoms with Crippen molar-refractivity contribution in [1.82, 2.24) is 19.9 Å². The predicted octanol–water partition coefficient (Wildman–Crippen LogP) is 5.89. The molecule has 1 amide bonds. The quantitative estimate of drug-likeness (QED) is 0.286. The number of likely N-dealkylation sites (tertiary alicyclic amines) is 1. The van der Waals surface area contributed by atoms with Gasteiger partial charge in [0.25, 0.3) is 5.91 Å². The molecule has 3 aromatic rings. The molecule has 1 aromatic carbocycles. The molecule has 0 aliphatic carbocycles. The van der Waals surface area contributed by atoms with Crippen LogP contribution in [0.25, 0.3) is 11.3 Å². The number of rotatable bonds is 8. The summed E-state index contributed by atoms with van der Waals surface area (Å²) in [4.78, 5) is 40.5. The number of nitrogens with one attached hydrogen (secondary N) is 1. The van der Waals surface area contributed by atoms with Gasteiger partial charge >= 0.3 is 18.5 Å². The van der Waals surface area contributed by atoms with Crippen molar-refractivity contribution in [2.45, 2.75) is 57.7 Å². The average molecular weight is 659 g/mol. The summed E-state index contributed by atoms with van der Waals surface area (Å²) in [7, 11) is 0. The van der Waals surface area contributed by atoms with Crippen LogP contribution in [0, 0.1) is 12.8 Å². The summed E-state index contributed by atoms with van der Waals surface area (Å²) in [5, 5.41) is 11.8. The molecule has 0 spiro atoms. The standard InChI is InChI=1S/C28H28F6N6O4S/c1-15-9-17(11-18(10-15)44-28(32,33)34)23-20(14-40-6-2-3-21(40)27(29,30)31)45-26(37-23)38-24(41)19-12-36-22(13-35-19)39-7-4-16(5-8-39)25(42)43/h9-13,16,21H,2-8,14H2,1H3,(H,42,43)(H,37,38,41). The maximum Gasteiger partial charge on any atom is 0.573 e. The molecule has 0 saturated carbocycles. The van der Waals surface area contributed by atoms with E-state index in [2.05, 4.69) is 25.0 Å². The smallest absolute Gasteiger partial charge is 0.481 e. The Bertz CT molecular complexity index is 1540. The Labute approximate surface area is 257 Å². The third kappa shape index (κ3) is 8.00. The molecule has 242 valence electrons. The van der Waals surface area contributed by atoms with E-state index in [0.717, 1.165) is 17.4 Å². The SMILES string of the molecule is Cc1cc(OC(F)(F)F)cc(-c2nc(NC(=O)c3cnc(N4CCC(C(=O)O)CC4)cn3)sc2CN2CCCC2C(F)(F)F)c1. The molecule has 2 fully saturated rings. The number of thiazole rings is 1. The molecule has 0 bridgehead atoms. The van der Waals surface area contributed by atoms with Gasteiger partial charge in [-0.15, -0.1) is 13.2 Å². The maximum atomic E-state index is 13.7. The van der Waals surface area contributed by atoms with Gasteiger partial charge in [-0.05, 0) is 62.9 Å². The summed E-state index contributed by atoms with van der Waals surface area (Å²) in [6.07, 6.45) is -5.68. The number of ether oxygens (including phenoxy) is 1. The number of carbonyl (C=O) groups is 2. The minimum Gasteiger partial charge on any atom is -0.481 e. The topological polar surface area (TPSA) is 121 Å². The Kier molecular flexibility index (Phi) is 9.21. The van der Waals surface area contributed by atoms with Crippen molar-refractivity contribution < 1.29 is 45.8 Å². The molecule has 4 heterocycles. The number of nitrogens with zero attached hydrogens (tertiary/aromatic N) is 5. The van der Waals surface area contributed by atoms with E-state index < -0.39 is 42.1 Å². The number of hydrogen-bond acceptors (Lipinski definition) is 9. The van der Waals surface area contributed by atoms with Crippen molar-refractivity contribution in [2.75, 3.05) is 29.9 Å². The zero-order chi connectivity index (χ0) is 32.5. The Morgan fingerprint density at radius 1 is 1.04 bits per heavy atom. The molecular formula is C28H28F6N6O4S. The molecular weight excluding hydrogens is 630 g/mol. The fourth-order valence-corrected chi connectivity index (χ4v) is 6.51. The van der Waals surface area contributed by atoms with Gasteiger partial charge in [-0.1, -0.05) is 11.3 Å². The van der Waals surface area contributed by atoms with Crippen LogP contribution in [-0.4, -0.2) is 75.0 Å². The zero-order valence-electron chi connectivity index (χ0n) is 23.8. The van der Waals surface area contributed by atoms with Gasteiger partial charge in [0.2, 0.25) is 0 Å². The predicted molar refractivity (Wildman–Crippen MR) is 151 cm³/mol. The number of piperidine rings is 1. The Hall–Kier alpha value is -3.99. The van der Waals surface area contributed by atoms with E-state index in [0.29, 0.717) is 48.6 Å². The number of benzene rings is 1. The van der Waals surface area contributed by atoms with E-state index in [1.807, 2.05) is 4.90 Å². The molecule has 1 unspecified atom stereocenters. The number of aryl methyl sites for hydroxylation is 1. The van der Waals surface area contributed by atoms with Crippen LogP contribution in [-0.2, 0) is 11.3 Å². The number of aromatic nitrogens is 3. The van der Waals surface area contributed by atoms with Crippen LogP contribution in [0.5, 0.6) is 5.75 Å². The summed E-state index contributed by atoms with van der Waals surface area (Å²) in [6.45, 7) is 2.43. The number of carboxylic acids is 1. The molecule has 17 heteroatoms. The van der Waals surface area contributed by atoms with Gasteiger partial charge in [0.15, 0.2) is 5.13 Å². The number of hydrogen-bond donors (Lipinski definition) is 2. The first-order chi connectivity index (χ1) is 21.2. The normalized spacial score (nSPS) is 18.3. The van der Waals surface area contributed by atoms with Crippen LogP contribution in [0.1, 0.15) is 46.6 Å². The van der Waals surface area contributed by atoms with Gasteiger partial charge in [-0.2, -0.15) is 13.2 Å². The lowest BCUT2D eigenvalue weighted by Crippen LogP contribution is -2.40. The van der Waals surface area contributed by atoms with Crippen molar-refractivity contribution in [3.05, 3.63) is 46.7 Å². The number of carboxylic acid groups (broad SMARTS) is 1. The van der Waals surface area contributed by atoms with E-state index in [4.69, 9.17) is 0 Å². The number of aliphatic carboxylic acids is 1. The monoisotopic (exact) mass is 658 g/mol. The molecule has 2 aliphatic heterocycles. The maximum absolute atomic E-state index is 13.7. The van der Waals surface area contributed by atoms with Crippen LogP contribution in [0.4, 0.5) is 37.3 Å². The van der Waals surface area contributed by atoms with E-state index in [1.165, 1.54) is 29.4 Å². The van der Waals surface area contributed by atoms with Gasteiger partial charge in [0.1, 0.15) is 23.3 Å². The second-order valence-corrected chi connectivity index (χ2v) is 11.9. The number of halogens is 6. The Morgan fingerprint density at radius 2 is 1.78 bits per heavy atom. The summed E-state index contributed by atoms with van der Waals surface area (Å²) < 4.78 is 84.0. The lowest BCUT2D eigenvalue weighted by atomic mass is 9.97. The van der Waals surface area contributed by atoms with E-state index in [-0.39, 0.29) is 41.6 Å². The van der Waals surface area contributed by atoms with Crippen molar-refractivity contribution in [3.8, 4) is 17.0 Å². The van der Waals surface area contributed by atoms with Crippen LogP contribution >= 0.6 is 11.3 Å². The average Bonchev–Trinajstić information content (AvgIpc) is 3.59. The minimum atomic E-state index is -4.96. The fourth-order valence-electron chi connectivity index (χ4n) is 5.50. The molecule has 2 N–H and O–H groups in total. The molecule has 0 radical (unpaired) electrons. The first-order valence-electron chi connectivity index (χ1n) is 14.0. The first-order valence-corrected chi connectivity index (χ1v) is 14.8. The van der Waals surface area contributed by atoms with Gasteiger partial charge in [0.05, 0.1) is 24.0 Å². The number of alkyl halides is 6. The molecule has 2 aliphatic rings. The van der Waals surface area contributed by atoms with Crippen LogP contribution in [0.2, 0.25) is 0 Å². The van der Waals surface area contributed by atoms with Crippen molar-refractivity contribution in [1.29, 1.82) is 0 Å². The molecule has 2 aromatic heterocycles. The Balaban J connectivity index is 1.38. The van der Waals surface area contributed by atoms with Gasteiger partial charge in [-0.3, -0.25) is 19.8 Å². The zero-order valence-corrected chi connectivity index (χ0v) is 24.6. The molecule has 10 nitrogen and oxygen atoms in total. The largest absolute Gasteiger partial charge is 0.573 e. The summed E-state index contributed by atoms with van der Waals surface area (Å²) in [5.41, 5.74) is 0.614. The lowest BCUT2D eigenvalue weighted by Gasteiger charge is -2.30. The van der Waals surface area contributed by atoms with Crippen molar-refractivity contribution >= 4 is 34.2 Å². The van der Waals surface area contributed by atoms with E-state index in [9.17, 15) is 41.0 Å². The highest BCUT2D eigenvalue weighted by Crippen LogP contribution is 2.39. The lowest BCUT2D eigenvalue weighted by molar-refractivity contribution is -0.274. The van der Waals surface area contributed by atoms with Gasteiger partial charge < -0.3 is 14.7 Å². The minimum absolute atomic E-state index is 0.00849. The van der Waals surface area contributed by atoms with Crippen LogP contribution in [0.3, 0.4) is 0 Å². The van der Waals surface area contributed by atoms with Gasteiger partial charge in [0, 0.05) is 30.1 Å². The first kappa shape index (κ1) is 32.4. The van der Waals surface area contributed by atoms with Crippen LogP contribution in [0.15, 0.2) is 30.6 Å². The third-order valence-electron chi connectivity index (χ3n) is 7.60. The highest BCUT2D eigenvalue weighted by Gasteiger charge is 2.46. The summed E-state index contributed by atoms with van der Waals surface area (Å²) >= 11 is 0.911. The Morgan fingerprint density at radius 3 is 2.40 bits per heavy atom. The summed E-state index contributed by atoms with van der Waals surface area (Å²) in [5.74, 6) is -2.03. The summed E-state index contributed by atoms with van der Waals surface area (Å²) in [6, 6.07) is 2.11. The molecule has 45 heavy (non-hydrogen) atoms.